The molecule has 144 valence electrons. The predicted molar refractivity (Wildman–Crippen MR) is 94.4 cm³/mol. The summed E-state index contributed by atoms with van der Waals surface area (Å²) in [5.74, 6) is -2.81. The first kappa shape index (κ1) is 20.3. The summed E-state index contributed by atoms with van der Waals surface area (Å²) >= 11 is 1.28. The van der Waals surface area contributed by atoms with Crippen molar-refractivity contribution in [1.29, 1.82) is 0 Å². The van der Waals surface area contributed by atoms with Gasteiger partial charge in [-0.2, -0.15) is 0 Å². The highest BCUT2D eigenvalue weighted by Crippen LogP contribution is 2.25. The number of aromatic nitrogens is 1. The van der Waals surface area contributed by atoms with Crippen LogP contribution in [0.25, 0.3) is 0 Å². The van der Waals surface area contributed by atoms with Gasteiger partial charge in [0.25, 0.3) is 5.91 Å². The molecule has 4 N–H and O–H groups in total. The topological polar surface area (TPSA) is 132 Å². The van der Waals surface area contributed by atoms with Crippen LogP contribution in [0.2, 0.25) is 0 Å². The third kappa shape index (κ3) is 4.77. The second kappa shape index (κ2) is 9.60. The monoisotopic (exact) mass is 384 g/mol. The third-order valence-electron chi connectivity index (χ3n) is 4.45. The van der Waals surface area contributed by atoms with Gasteiger partial charge in [-0.05, 0) is 19.3 Å². The van der Waals surface area contributed by atoms with E-state index in [1.54, 1.807) is 11.6 Å². The van der Waals surface area contributed by atoms with Crippen molar-refractivity contribution in [2.24, 2.45) is 5.92 Å². The molecule has 1 aliphatic heterocycles. The maximum atomic E-state index is 12.9. The van der Waals surface area contributed by atoms with Gasteiger partial charge in [0.05, 0.1) is 5.92 Å². The van der Waals surface area contributed by atoms with Gasteiger partial charge < -0.3 is 15.3 Å². The lowest BCUT2D eigenvalue weighted by Crippen LogP contribution is -2.50. The van der Waals surface area contributed by atoms with Crippen LogP contribution in [0.3, 0.4) is 0 Å². The summed E-state index contributed by atoms with van der Waals surface area (Å²) in [6.45, 7) is 2.31. The molecular formula is C16H24N4O5S. The van der Waals surface area contributed by atoms with Crippen molar-refractivity contribution in [1.82, 2.24) is 15.4 Å². The first-order valence-corrected chi connectivity index (χ1v) is 9.50. The number of rotatable bonds is 8. The van der Waals surface area contributed by atoms with Crippen LogP contribution < -0.4 is 10.8 Å². The van der Waals surface area contributed by atoms with Crippen molar-refractivity contribution in [3.05, 3.63) is 11.6 Å². The number of anilines is 1. The largest absolute Gasteiger partial charge is 0.382 e. The molecule has 3 atom stereocenters. The number of aliphatic hydroxyl groups excluding tert-OH is 1. The summed E-state index contributed by atoms with van der Waals surface area (Å²) in [6, 6.07) is -0.667. The number of unbranched alkanes of at least 4 members (excludes halogenated alkanes) is 1. The van der Waals surface area contributed by atoms with Crippen LogP contribution in [0.15, 0.2) is 11.6 Å². The second-order valence-corrected chi connectivity index (χ2v) is 7.08. The van der Waals surface area contributed by atoms with Gasteiger partial charge in [-0.15, -0.1) is 11.3 Å². The molecule has 1 aliphatic rings. The zero-order valence-electron chi connectivity index (χ0n) is 14.6. The van der Waals surface area contributed by atoms with E-state index in [2.05, 4.69) is 10.3 Å². The molecule has 1 aromatic rings. The number of hydroxylamine groups is 1. The van der Waals surface area contributed by atoms with Crippen LogP contribution in [-0.4, -0.2) is 56.6 Å². The molecule has 3 amide bonds. The Hall–Kier alpha value is -2.04. The van der Waals surface area contributed by atoms with Crippen molar-refractivity contribution in [2.45, 2.75) is 51.2 Å². The first-order chi connectivity index (χ1) is 12.5. The lowest BCUT2D eigenvalue weighted by Gasteiger charge is -2.29. The van der Waals surface area contributed by atoms with E-state index in [1.165, 1.54) is 21.7 Å². The molecule has 9 nitrogen and oxygen atoms in total. The van der Waals surface area contributed by atoms with Crippen LogP contribution in [0.4, 0.5) is 5.13 Å². The number of amides is 3. The van der Waals surface area contributed by atoms with Crippen LogP contribution in [0.5, 0.6) is 0 Å². The smallest absolute Gasteiger partial charge is 0.272 e. The number of carbonyl (C=O) groups is 3. The molecule has 0 radical (unpaired) electrons. The van der Waals surface area contributed by atoms with Crippen LogP contribution >= 0.6 is 11.3 Å². The third-order valence-corrected chi connectivity index (χ3v) is 5.14. The molecule has 0 saturated carbocycles. The summed E-state index contributed by atoms with van der Waals surface area (Å²) in [5, 5.41) is 23.8. The number of likely N-dealkylation sites (tertiary alicyclic amines) is 1. The van der Waals surface area contributed by atoms with Crippen molar-refractivity contribution in [2.75, 3.05) is 11.9 Å². The van der Waals surface area contributed by atoms with E-state index in [1.807, 2.05) is 6.92 Å². The van der Waals surface area contributed by atoms with Gasteiger partial charge in [0.2, 0.25) is 11.8 Å². The summed E-state index contributed by atoms with van der Waals surface area (Å²) in [4.78, 5) is 42.5. The van der Waals surface area contributed by atoms with Gasteiger partial charge in [-0.1, -0.05) is 19.8 Å². The highest BCUT2D eigenvalue weighted by atomic mass is 32.1. The van der Waals surface area contributed by atoms with E-state index in [4.69, 9.17) is 5.21 Å². The van der Waals surface area contributed by atoms with Gasteiger partial charge in [0, 0.05) is 18.1 Å². The number of carbonyl (C=O) groups excluding carboxylic acids is 3. The molecule has 10 heteroatoms. The van der Waals surface area contributed by atoms with E-state index in [0.29, 0.717) is 37.4 Å². The van der Waals surface area contributed by atoms with Crippen LogP contribution in [-0.2, 0) is 14.4 Å². The minimum Gasteiger partial charge on any atom is -0.382 e. The molecule has 1 saturated heterocycles. The van der Waals surface area contributed by atoms with Gasteiger partial charge >= 0.3 is 0 Å². The van der Waals surface area contributed by atoms with Crippen molar-refractivity contribution >= 4 is 34.2 Å². The van der Waals surface area contributed by atoms with Crippen molar-refractivity contribution < 1.29 is 24.7 Å². The second-order valence-electron chi connectivity index (χ2n) is 6.19. The highest BCUT2D eigenvalue weighted by molar-refractivity contribution is 7.13. The number of hydrogen-bond acceptors (Lipinski definition) is 7. The average Bonchev–Trinajstić information content (AvgIpc) is 3.32. The fourth-order valence-corrected chi connectivity index (χ4v) is 3.61. The fraction of sp³-hybridized carbons (Fsp3) is 0.625. The number of nitrogens with zero attached hydrogens (tertiary/aromatic N) is 2. The average molecular weight is 384 g/mol. The van der Waals surface area contributed by atoms with Crippen molar-refractivity contribution in [3.8, 4) is 0 Å². The Balaban J connectivity index is 2.11. The van der Waals surface area contributed by atoms with Gasteiger partial charge in [-0.3, -0.25) is 19.6 Å². The molecule has 0 aliphatic carbocycles. The van der Waals surface area contributed by atoms with E-state index < -0.39 is 29.9 Å². The minimum atomic E-state index is -1.66. The summed E-state index contributed by atoms with van der Waals surface area (Å²) in [7, 11) is 0. The van der Waals surface area contributed by atoms with E-state index in [9.17, 15) is 19.5 Å². The molecule has 1 aromatic heterocycles. The van der Waals surface area contributed by atoms with Crippen LogP contribution in [0, 0.1) is 5.92 Å². The Kier molecular flexibility index (Phi) is 7.49. The summed E-state index contributed by atoms with van der Waals surface area (Å²) < 4.78 is 0. The Labute approximate surface area is 155 Å². The Morgan fingerprint density at radius 1 is 1.46 bits per heavy atom. The summed E-state index contributed by atoms with van der Waals surface area (Å²) in [6.07, 6.45) is 2.78. The summed E-state index contributed by atoms with van der Waals surface area (Å²) in [5.41, 5.74) is 1.38. The molecule has 0 spiro atoms. The van der Waals surface area contributed by atoms with Crippen molar-refractivity contribution in [3.63, 3.8) is 0 Å². The maximum Gasteiger partial charge on any atom is 0.272 e. The predicted octanol–water partition coefficient (Wildman–Crippen LogP) is 0.745. The SMILES string of the molecule is CCCC[C@@H](C(=O)N1CCC[C@H]1C(=O)Nc1nccs1)[C@H](O)C(=O)NO. The molecule has 0 unspecified atom stereocenters. The normalized spacial score (nSPS) is 19.0. The Bertz CT molecular complexity index is 624. The molecule has 26 heavy (non-hydrogen) atoms. The van der Waals surface area contributed by atoms with E-state index in [-0.39, 0.29) is 5.91 Å². The van der Waals surface area contributed by atoms with Gasteiger partial charge in [0.15, 0.2) is 5.13 Å². The van der Waals surface area contributed by atoms with E-state index >= 15 is 0 Å². The maximum absolute atomic E-state index is 12.9. The zero-order valence-corrected chi connectivity index (χ0v) is 15.4. The Morgan fingerprint density at radius 3 is 2.85 bits per heavy atom. The first-order valence-electron chi connectivity index (χ1n) is 8.62. The number of thiazole rings is 1. The van der Waals surface area contributed by atoms with Gasteiger partial charge in [0.1, 0.15) is 12.1 Å². The molecule has 1 fully saturated rings. The Morgan fingerprint density at radius 2 is 2.23 bits per heavy atom. The number of nitrogens with one attached hydrogen (secondary N) is 2. The standard InChI is InChI=1S/C16H24N4O5S/c1-2-3-5-10(12(21)14(23)19-25)15(24)20-8-4-6-11(20)13(22)18-16-17-7-9-26-16/h7,9-12,21,25H,2-6,8H2,1H3,(H,19,23)(H,17,18,22)/t10-,11+,12+/m1/s1. The molecule has 0 bridgehead atoms. The fourth-order valence-electron chi connectivity index (χ4n) is 3.08. The quantitative estimate of drug-likeness (QED) is 0.386. The number of hydrogen-bond donors (Lipinski definition) is 4. The minimum absolute atomic E-state index is 0.293. The van der Waals surface area contributed by atoms with Crippen LogP contribution in [0.1, 0.15) is 39.0 Å². The molecule has 2 rings (SSSR count). The molecular weight excluding hydrogens is 360 g/mol. The van der Waals surface area contributed by atoms with Gasteiger partial charge in [-0.25, -0.2) is 10.5 Å². The zero-order chi connectivity index (χ0) is 19.1. The highest BCUT2D eigenvalue weighted by Gasteiger charge is 2.41. The lowest BCUT2D eigenvalue weighted by molar-refractivity contribution is -0.152. The molecule has 2 heterocycles. The molecule has 0 aromatic carbocycles. The van der Waals surface area contributed by atoms with E-state index in [0.717, 1.165) is 6.42 Å². The number of aliphatic hydroxyl groups is 1. The lowest BCUT2D eigenvalue weighted by atomic mass is 9.93.